The number of aromatic nitrogens is 3. The zero-order chi connectivity index (χ0) is 17.9. The minimum absolute atomic E-state index is 0.0235. The number of carbonyl (C=O) groups is 1. The fraction of sp³-hybridized carbons (Fsp3) is 0.474. The number of hydrogen-bond donors (Lipinski definition) is 0. The molecule has 0 aromatic carbocycles. The van der Waals surface area contributed by atoms with E-state index in [1.165, 1.54) is 4.68 Å². The van der Waals surface area contributed by atoms with Crippen LogP contribution in [0.5, 0.6) is 0 Å². The van der Waals surface area contributed by atoms with Gasteiger partial charge in [0.05, 0.1) is 5.69 Å². The number of rotatable bonds is 3. The normalized spacial score (nSPS) is 17.1. The van der Waals surface area contributed by atoms with Crippen molar-refractivity contribution in [3.8, 4) is 0 Å². The van der Waals surface area contributed by atoms with Gasteiger partial charge < -0.3 is 9.80 Å². The summed E-state index contributed by atoms with van der Waals surface area (Å²) in [6.07, 6.45) is 5.80. The number of amides is 1. The van der Waals surface area contributed by atoms with Crippen LogP contribution in [0.15, 0.2) is 35.3 Å². The van der Waals surface area contributed by atoms with Crippen molar-refractivity contribution >= 4 is 11.7 Å². The van der Waals surface area contributed by atoms with Gasteiger partial charge in [-0.25, -0.2) is 9.67 Å². The Morgan fingerprint density at radius 2 is 1.88 bits per heavy atom. The van der Waals surface area contributed by atoms with Crippen LogP contribution in [0.3, 0.4) is 0 Å². The summed E-state index contributed by atoms with van der Waals surface area (Å²) in [5, 5.41) is 4.45. The average Bonchev–Trinajstić information content (AvgIpc) is 2.69. The first kappa shape index (κ1) is 16.8. The van der Waals surface area contributed by atoms with Crippen molar-refractivity contribution in [2.45, 2.75) is 32.2 Å². The van der Waals surface area contributed by atoms with Crippen molar-refractivity contribution in [1.29, 1.82) is 0 Å². The Bertz CT molecular complexity index is 841. The molecule has 0 radical (unpaired) electrons. The molecule has 0 saturated carbocycles. The van der Waals surface area contributed by atoms with Gasteiger partial charge in [0.1, 0.15) is 12.4 Å². The van der Waals surface area contributed by atoms with E-state index in [-0.39, 0.29) is 18.0 Å². The summed E-state index contributed by atoms with van der Waals surface area (Å²) >= 11 is 0. The highest BCUT2D eigenvalue weighted by Gasteiger charge is 2.23. The van der Waals surface area contributed by atoms with Gasteiger partial charge in [0.2, 0.25) is 5.91 Å². The van der Waals surface area contributed by atoms with Gasteiger partial charge in [-0.3, -0.25) is 9.59 Å². The second-order valence-corrected chi connectivity index (χ2v) is 6.88. The molecule has 0 unspecified atom stereocenters. The Labute approximate surface area is 152 Å². The number of hydrogen-bond acceptors (Lipinski definition) is 5. The third-order valence-corrected chi connectivity index (χ3v) is 5.16. The number of nitrogens with zero attached hydrogens (tertiary/aromatic N) is 5. The zero-order valence-electron chi connectivity index (χ0n) is 14.8. The van der Waals surface area contributed by atoms with Gasteiger partial charge in [0, 0.05) is 38.4 Å². The number of aryl methyl sites for hydroxylation is 2. The molecular weight excluding hydrogens is 330 g/mol. The van der Waals surface area contributed by atoms with Gasteiger partial charge in [-0.2, -0.15) is 5.10 Å². The highest BCUT2D eigenvalue weighted by atomic mass is 16.2. The maximum absolute atomic E-state index is 12.6. The monoisotopic (exact) mass is 353 g/mol. The van der Waals surface area contributed by atoms with E-state index >= 15 is 0 Å². The fourth-order valence-corrected chi connectivity index (χ4v) is 3.67. The lowest BCUT2D eigenvalue weighted by atomic mass is 9.97. The first-order valence-electron chi connectivity index (χ1n) is 9.24. The summed E-state index contributed by atoms with van der Waals surface area (Å²) in [6.45, 7) is 2.78. The predicted molar refractivity (Wildman–Crippen MR) is 98.2 cm³/mol. The SMILES string of the molecule is O=C(Cn1nc2c(cc1=O)CCCC2)N1CCN(c2ccccn2)CC1. The number of pyridine rings is 1. The van der Waals surface area contributed by atoms with Gasteiger partial charge in [0.15, 0.2) is 0 Å². The zero-order valence-corrected chi connectivity index (χ0v) is 14.8. The quantitative estimate of drug-likeness (QED) is 0.819. The summed E-state index contributed by atoms with van der Waals surface area (Å²) in [4.78, 5) is 33.2. The van der Waals surface area contributed by atoms with E-state index in [1.54, 1.807) is 12.3 Å². The van der Waals surface area contributed by atoms with Crippen LogP contribution in [0.25, 0.3) is 0 Å². The summed E-state index contributed by atoms with van der Waals surface area (Å²) < 4.78 is 1.33. The van der Waals surface area contributed by atoms with Crippen LogP contribution in [0.2, 0.25) is 0 Å². The van der Waals surface area contributed by atoms with Gasteiger partial charge >= 0.3 is 0 Å². The molecule has 136 valence electrons. The van der Waals surface area contributed by atoms with Crippen molar-refractivity contribution in [2.75, 3.05) is 31.1 Å². The predicted octanol–water partition coefficient (Wildman–Crippen LogP) is 0.866. The van der Waals surface area contributed by atoms with Crippen LogP contribution in [-0.2, 0) is 24.2 Å². The molecule has 2 aromatic rings. The molecule has 1 aliphatic heterocycles. The third-order valence-electron chi connectivity index (χ3n) is 5.16. The van der Waals surface area contributed by atoms with Crippen LogP contribution in [0, 0.1) is 0 Å². The first-order valence-corrected chi connectivity index (χ1v) is 9.24. The molecule has 2 aromatic heterocycles. The largest absolute Gasteiger partial charge is 0.353 e. The van der Waals surface area contributed by atoms with E-state index in [0.29, 0.717) is 13.1 Å². The molecule has 1 fully saturated rings. The van der Waals surface area contributed by atoms with Gasteiger partial charge in [0.25, 0.3) is 5.56 Å². The van der Waals surface area contributed by atoms with Crippen molar-refractivity contribution in [3.63, 3.8) is 0 Å². The van der Waals surface area contributed by atoms with Crippen LogP contribution in [0.1, 0.15) is 24.1 Å². The molecule has 2 aliphatic rings. The van der Waals surface area contributed by atoms with E-state index in [2.05, 4.69) is 15.0 Å². The minimum Gasteiger partial charge on any atom is -0.353 e. The van der Waals surface area contributed by atoms with E-state index < -0.39 is 0 Å². The Balaban J connectivity index is 1.39. The molecule has 3 heterocycles. The lowest BCUT2D eigenvalue weighted by Gasteiger charge is -2.35. The molecule has 0 spiro atoms. The van der Waals surface area contributed by atoms with Crippen LogP contribution in [-0.4, -0.2) is 51.8 Å². The number of piperazine rings is 1. The molecule has 0 N–H and O–H groups in total. The summed E-state index contributed by atoms with van der Waals surface area (Å²) in [6, 6.07) is 7.50. The van der Waals surface area contributed by atoms with Crippen molar-refractivity contribution in [1.82, 2.24) is 19.7 Å². The summed E-state index contributed by atoms with van der Waals surface area (Å²) in [5.41, 5.74) is 1.85. The maximum Gasteiger partial charge on any atom is 0.267 e. The smallest absolute Gasteiger partial charge is 0.267 e. The number of anilines is 1. The van der Waals surface area contributed by atoms with Crippen molar-refractivity contribution in [2.24, 2.45) is 0 Å². The van der Waals surface area contributed by atoms with E-state index in [0.717, 1.165) is 55.8 Å². The second-order valence-electron chi connectivity index (χ2n) is 6.88. The van der Waals surface area contributed by atoms with Gasteiger partial charge in [-0.15, -0.1) is 0 Å². The number of carbonyl (C=O) groups excluding carboxylic acids is 1. The van der Waals surface area contributed by atoms with Gasteiger partial charge in [-0.05, 0) is 43.4 Å². The highest BCUT2D eigenvalue weighted by Crippen LogP contribution is 2.17. The lowest BCUT2D eigenvalue weighted by molar-refractivity contribution is -0.132. The molecule has 1 saturated heterocycles. The lowest BCUT2D eigenvalue weighted by Crippen LogP contribution is -2.50. The van der Waals surface area contributed by atoms with Crippen LogP contribution >= 0.6 is 0 Å². The molecule has 4 rings (SSSR count). The molecule has 7 nitrogen and oxygen atoms in total. The first-order chi connectivity index (χ1) is 12.7. The molecule has 1 amide bonds. The van der Waals surface area contributed by atoms with Gasteiger partial charge in [-0.1, -0.05) is 6.07 Å². The third kappa shape index (κ3) is 3.47. The number of fused-ring (bicyclic) bond motifs is 1. The molecule has 0 atom stereocenters. The topological polar surface area (TPSA) is 71.3 Å². The highest BCUT2D eigenvalue weighted by molar-refractivity contribution is 5.76. The minimum atomic E-state index is -0.175. The second kappa shape index (κ2) is 7.27. The fourth-order valence-electron chi connectivity index (χ4n) is 3.67. The standard InChI is InChI=1S/C19H23N5O2/c25-18-13-15-5-1-2-6-16(15)21-24(18)14-19(26)23-11-9-22(10-12-23)17-7-3-4-8-20-17/h3-4,7-8,13H,1-2,5-6,9-12,14H2. The average molecular weight is 353 g/mol. The van der Waals surface area contributed by atoms with Crippen LogP contribution in [0.4, 0.5) is 5.82 Å². The van der Waals surface area contributed by atoms with Crippen LogP contribution < -0.4 is 10.5 Å². The molecule has 26 heavy (non-hydrogen) atoms. The summed E-state index contributed by atoms with van der Waals surface area (Å²) in [5.74, 6) is 0.892. The molecule has 1 aliphatic carbocycles. The maximum atomic E-state index is 12.6. The Kier molecular flexibility index (Phi) is 4.69. The molecular formula is C19H23N5O2. The Morgan fingerprint density at radius 3 is 2.65 bits per heavy atom. The molecule has 0 bridgehead atoms. The van der Waals surface area contributed by atoms with E-state index in [9.17, 15) is 9.59 Å². The Morgan fingerprint density at radius 1 is 1.08 bits per heavy atom. The summed E-state index contributed by atoms with van der Waals surface area (Å²) in [7, 11) is 0. The van der Waals surface area contributed by atoms with E-state index in [1.807, 2.05) is 23.1 Å². The van der Waals surface area contributed by atoms with Crippen molar-refractivity contribution < 1.29 is 4.79 Å². The Hall–Kier alpha value is -2.70. The molecule has 7 heteroatoms. The van der Waals surface area contributed by atoms with E-state index in [4.69, 9.17) is 0 Å². The van der Waals surface area contributed by atoms with Crippen molar-refractivity contribution in [3.05, 3.63) is 52.1 Å².